The van der Waals surface area contributed by atoms with Crippen LogP contribution in [0.25, 0.3) is 0 Å². The first-order valence-electron chi connectivity index (χ1n) is 8.68. The predicted octanol–water partition coefficient (Wildman–Crippen LogP) is 0.779. The summed E-state index contributed by atoms with van der Waals surface area (Å²) in [5.74, 6) is -4.11. The number of halogens is 1. The highest BCUT2D eigenvalue weighted by Gasteiger charge is 2.92. The second kappa shape index (κ2) is 6.10. The molecular formula is C18H17ClN2O7S. The number of carbonyl (C=O) groups is 4. The maximum Gasteiger partial charge on any atom is 0.330 e. The lowest BCUT2D eigenvalue weighted by Gasteiger charge is -2.42. The minimum Gasteiger partial charge on any atom is -0.480 e. The van der Waals surface area contributed by atoms with Crippen molar-refractivity contribution in [1.82, 2.24) is 10.2 Å². The van der Waals surface area contributed by atoms with Crippen LogP contribution in [0.1, 0.15) is 25.5 Å². The number of amides is 2. The molecule has 0 aliphatic carbocycles. The summed E-state index contributed by atoms with van der Waals surface area (Å²) >= 11 is 7.52. The molecule has 0 saturated carbocycles. The highest BCUT2D eigenvalue weighted by Crippen LogP contribution is 2.69. The number of carbonyl (C=O) groups excluding carboxylic acids is 2. The molecule has 3 aliphatic heterocycles. The second-order valence-electron chi connectivity index (χ2n) is 7.62. The molecule has 9 nitrogen and oxygen atoms in total. The lowest BCUT2D eigenvalue weighted by Crippen LogP contribution is -2.70. The van der Waals surface area contributed by atoms with Gasteiger partial charge >= 0.3 is 11.9 Å². The van der Waals surface area contributed by atoms with Gasteiger partial charge in [0.15, 0.2) is 6.04 Å². The molecule has 1 aromatic carbocycles. The number of rotatable bonds is 5. The standard InChI is InChI=1S/C18H17ClN2O7S/c1-16(2)10(12(24)25)21-14(27)17(15(21)29-16)18(19,28-17)13(26)20-9(11(22)23)8-6-4-3-5-7-8/h3-7,9-10,15H,1-2H3,(H,20,26)(H,22,23)(H,24,25)/t9-,10-,15+,17-,18?/m0/s1. The zero-order chi connectivity index (χ0) is 21.4. The number of β-lactam (4-membered cyclic amide) rings is 1. The van der Waals surface area contributed by atoms with Crippen LogP contribution < -0.4 is 5.32 Å². The Labute approximate surface area is 174 Å². The van der Waals surface area contributed by atoms with Crippen LogP contribution in [-0.2, 0) is 23.9 Å². The Morgan fingerprint density at radius 1 is 1.24 bits per heavy atom. The van der Waals surface area contributed by atoms with E-state index >= 15 is 0 Å². The number of benzene rings is 1. The van der Waals surface area contributed by atoms with Gasteiger partial charge in [-0.1, -0.05) is 41.9 Å². The minimum absolute atomic E-state index is 0.326. The molecule has 0 aromatic heterocycles. The predicted molar refractivity (Wildman–Crippen MR) is 101 cm³/mol. The van der Waals surface area contributed by atoms with E-state index in [4.69, 9.17) is 16.3 Å². The molecule has 154 valence electrons. The largest absolute Gasteiger partial charge is 0.480 e. The van der Waals surface area contributed by atoms with Crippen LogP contribution in [0.4, 0.5) is 0 Å². The molecule has 11 heteroatoms. The number of alkyl halides is 1. The van der Waals surface area contributed by atoms with Crippen LogP contribution in [-0.4, -0.2) is 65.7 Å². The first kappa shape index (κ1) is 20.0. The van der Waals surface area contributed by atoms with Crippen molar-refractivity contribution in [2.45, 2.75) is 46.7 Å². The lowest BCUT2D eigenvalue weighted by molar-refractivity contribution is -0.165. The monoisotopic (exact) mass is 440 g/mol. The maximum atomic E-state index is 12.8. The lowest BCUT2D eigenvalue weighted by atomic mass is 9.88. The molecule has 2 amide bonds. The van der Waals surface area contributed by atoms with Crippen molar-refractivity contribution >= 4 is 47.1 Å². The van der Waals surface area contributed by atoms with E-state index in [1.54, 1.807) is 32.0 Å². The van der Waals surface area contributed by atoms with E-state index in [1.165, 1.54) is 23.9 Å². The van der Waals surface area contributed by atoms with E-state index in [9.17, 15) is 29.4 Å². The molecule has 5 atom stereocenters. The Balaban J connectivity index is 1.57. The van der Waals surface area contributed by atoms with E-state index in [-0.39, 0.29) is 0 Å². The molecule has 1 aromatic rings. The van der Waals surface area contributed by atoms with E-state index in [1.807, 2.05) is 0 Å². The highest BCUT2D eigenvalue weighted by molar-refractivity contribution is 8.01. The Bertz CT molecular complexity index is 941. The van der Waals surface area contributed by atoms with Crippen molar-refractivity contribution in [3.8, 4) is 0 Å². The molecule has 3 fully saturated rings. The maximum absolute atomic E-state index is 12.8. The van der Waals surface area contributed by atoms with Gasteiger partial charge in [0.2, 0.25) is 5.60 Å². The van der Waals surface area contributed by atoms with Crippen LogP contribution in [0.5, 0.6) is 0 Å². The van der Waals surface area contributed by atoms with Gasteiger partial charge in [-0.2, -0.15) is 0 Å². The summed E-state index contributed by atoms with van der Waals surface area (Å²) in [5.41, 5.74) is -1.38. The normalized spacial score (nSPS) is 34.9. The number of epoxide rings is 1. The number of thioether (sulfide) groups is 1. The molecule has 3 heterocycles. The highest BCUT2D eigenvalue weighted by atomic mass is 35.5. The number of fused-ring (bicyclic) bond motifs is 2. The van der Waals surface area contributed by atoms with Gasteiger partial charge in [0.25, 0.3) is 16.9 Å². The number of ether oxygens (including phenoxy) is 1. The van der Waals surface area contributed by atoms with Crippen LogP contribution in [0.15, 0.2) is 30.3 Å². The molecule has 29 heavy (non-hydrogen) atoms. The van der Waals surface area contributed by atoms with E-state index < -0.39 is 56.6 Å². The molecule has 0 bridgehead atoms. The summed E-state index contributed by atoms with van der Waals surface area (Å²) in [7, 11) is 0. The van der Waals surface area contributed by atoms with E-state index in [0.717, 1.165) is 4.90 Å². The van der Waals surface area contributed by atoms with Crippen molar-refractivity contribution in [1.29, 1.82) is 0 Å². The van der Waals surface area contributed by atoms with Crippen LogP contribution in [0.2, 0.25) is 0 Å². The molecular weight excluding hydrogens is 424 g/mol. The average molecular weight is 441 g/mol. The summed E-state index contributed by atoms with van der Waals surface area (Å²) < 4.78 is 4.59. The van der Waals surface area contributed by atoms with Crippen LogP contribution in [0, 0.1) is 0 Å². The van der Waals surface area contributed by atoms with Gasteiger partial charge in [0.05, 0.1) is 0 Å². The minimum atomic E-state index is -2.09. The van der Waals surface area contributed by atoms with E-state index in [2.05, 4.69) is 5.32 Å². The number of carboxylic acids is 2. The number of aliphatic carboxylic acids is 2. The third-order valence-electron chi connectivity index (χ3n) is 5.42. The Hall–Kier alpha value is -2.30. The molecule has 3 N–H and O–H groups in total. The molecule has 1 unspecified atom stereocenters. The van der Waals surface area contributed by atoms with Crippen LogP contribution >= 0.6 is 23.4 Å². The Morgan fingerprint density at radius 3 is 2.41 bits per heavy atom. The third-order valence-corrected chi connectivity index (χ3v) is 7.57. The fraction of sp³-hybridized carbons (Fsp3) is 0.444. The SMILES string of the molecule is CC1(C)S[C@H]2N(C(=O)[C@]23OC3(Cl)C(=O)N[C@H](C(=O)O)c2ccccc2)[C@H]1C(=O)O. The molecule has 4 rings (SSSR count). The van der Waals surface area contributed by atoms with E-state index in [0.29, 0.717) is 5.56 Å². The summed E-state index contributed by atoms with van der Waals surface area (Å²) in [4.78, 5) is 50.0. The van der Waals surface area contributed by atoms with Gasteiger partial charge < -0.3 is 25.2 Å². The zero-order valence-electron chi connectivity index (χ0n) is 15.3. The molecule has 0 radical (unpaired) electrons. The quantitative estimate of drug-likeness (QED) is 0.347. The summed E-state index contributed by atoms with van der Waals surface area (Å²) in [6.07, 6.45) is 0. The number of hydrogen-bond acceptors (Lipinski definition) is 6. The van der Waals surface area contributed by atoms with Gasteiger partial charge in [0, 0.05) is 4.75 Å². The van der Waals surface area contributed by atoms with Crippen molar-refractivity contribution in [3.63, 3.8) is 0 Å². The van der Waals surface area contributed by atoms with Gasteiger partial charge in [-0.05, 0) is 19.4 Å². The van der Waals surface area contributed by atoms with Crippen molar-refractivity contribution in [3.05, 3.63) is 35.9 Å². The summed E-state index contributed by atoms with van der Waals surface area (Å²) in [6.45, 7) is 3.37. The number of carboxylic acid groups (broad SMARTS) is 2. The molecule has 3 saturated heterocycles. The number of nitrogens with zero attached hydrogens (tertiary/aromatic N) is 1. The molecule has 1 spiro atoms. The number of nitrogens with one attached hydrogen (secondary N) is 1. The van der Waals surface area contributed by atoms with Gasteiger partial charge in [-0.15, -0.1) is 11.8 Å². The zero-order valence-corrected chi connectivity index (χ0v) is 16.9. The average Bonchev–Trinajstić information content (AvgIpc) is 3.24. The van der Waals surface area contributed by atoms with Gasteiger partial charge in [-0.25, -0.2) is 9.59 Å². The topological polar surface area (TPSA) is 137 Å². The van der Waals surface area contributed by atoms with Crippen molar-refractivity contribution in [2.75, 3.05) is 0 Å². The summed E-state index contributed by atoms with van der Waals surface area (Å²) in [5, 5.41) is 18.5. The summed E-state index contributed by atoms with van der Waals surface area (Å²) in [6, 6.07) is 5.55. The fourth-order valence-electron chi connectivity index (χ4n) is 3.99. The molecule has 3 aliphatic rings. The van der Waals surface area contributed by atoms with Gasteiger partial charge in [0.1, 0.15) is 11.4 Å². The number of hydrogen-bond donors (Lipinski definition) is 3. The van der Waals surface area contributed by atoms with Crippen molar-refractivity contribution in [2.24, 2.45) is 0 Å². The first-order valence-corrected chi connectivity index (χ1v) is 9.94. The smallest absolute Gasteiger partial charge is 0.330 e. The van der Waals surface area contributed by atoms with Gasteiger partial charge in [-0.3, -0.25) is 9.59 Å². The Morgan fingerprint density at radius 2 is 1.86 bits per heavy atom. The fourth-order valence-corrected chi connectivity index (χ4v) is 6.14. The third kappa shape index (κ3) is 2.52. The van der Waals surface area contributed by atoms with Crippen LogP contribution in [0.3, 0.4) is 0 Å². The first-order chi connectivity index (χ1) is 13.5. The van der Waals surface area contributed by atoms with Crippen molar-refractivity contribution < 1.29 is 34.1 Å². The second-order valence-corrected chi connectivity index (χ2v) is 9.88. The Kier molecular flexibility index (Phi) is 4.21.